The summed E-state index contributed by atoms with van der Waals surface area (Å²) in [4.78, 5) is 20.0. The van der Waals surface area contributed by atoms with Gasteiger partial charge in [-0.05, 0) is 0 Å². The van der Waals surface area contributed by atoms with Crippen LogP contribution in [0.15, 0.2) is 0 Å². The quantitative estimate of drug-likeness (QED) is 0.344. The highest BCUT2D eigenvalue weighted by Gasteiger charge is 2.27. The number of hydrogen-bond acceptors (Lipinski definition) is 6. The van der Waals surface area contributed by atoms with E-state index < -0.39 is 26.5 Å². The van der Waals surface area contributed by atoms with E-state index in [9.17, 15) is 14.3 Å². The number of quaternary nitrogens is 1. The molecule has 8 nitrogen and oxygen atoms in total. The lowest BCUT2D eigenvalue weighted by Gasteiger charge is -2.24. The van der Waals surface area contributed by atoms with Crippen LogP contribution in [0, 0.1) is 0 Å². The molecule has 9 heteroatoms. The zero-order chi connectivity index (χ0) is 15.1. The van der Waals surface area contributed by atoms with Crippen molar-refractivity contribution in [3.8, 4) is 0 Å². The summed E-state index contributed by atoms with van der Waals surface area (Å²) in [5.41, 5.74) is 0. The van der Waals surface area contributed by atoms with Crippen molar-refractivity contribution in [2.45, 2.75) is 13.0 Å². The molecule has 2 atom stereocenters. The number of phosphoric ester groups is 1. The van der Waals surface area contributed by atoms with Gasteiger partial charge in [-0.25, -0.2) is 4.57 Å². The van der Waals surface area contributed by atoms with E-state index in [4.69, 9.17) is 14.2 Å². The van der Waals surface area contributed by atoms with E-state index in [2.05, 4.69) is 4.74 Å². The van der Waals surface area contributed by atoms with Gasteiger partial charge in [0.2, 0.25) is 0 Å². The van der Waals surface area contributed by atoms with E-state index in [1.54, 1.807) is 0 Å². The first-order valence-corrected chi connectivity index (χ1v) is 7.26. The van der Waals surface area contributed by atoms with Gasteiger partial charge in [0.1, 0.15) is 25.9 Å². The highest BCUT2D eigenvalue weighted by molar-refractivity contribution is 7.47. The molecule has 0 bridgehead atoms. The summed E-state index contributed by atoms with van der Waals surface area (Å²) in [6.45, 7) is 0.862. The van der Waals surface area contributed by atoms with Crippen molar-refractivity contribution < 1.29 is 37.6 Å². The van der Waals surface area contributed by atoms with Gasteiger partial charge in [-0.2, -0.15) is 0 Å². The molecule has 0 amide bonds. The summed E-state index contributed by atoms with van der Waals surface area (Å²) in [7, 11) is 1.45. The van der Waals surface area contributed by atoms with Crippen molar-refractivity contribution >= 4 is 13.8 Å². The molecule has 0 aromatic carbocycles. The Hall–Kier alpha value is -0.500. The molecule has 0 saturated heterocycles. The summed E-state index contributed by atoms with van der Waals surface area (Å²) in [6, 6.07) is 0. The molecule has 0 aliphatic heterocycles. The number of carbonyl (C=O) groups excluding carboxylic acids is 1. The highest BCUT2D eigenvalue weighted by Crippen LogP contribution is 2.44. The summed E-state index contributed by atoms with van der Waals surface area (Å²) in [6.07, 6.45) is -1.09. The molecule has 114 valence electrons. The molecule has 0 spiro atoms. The molecule has 0 aromatic heterocycles. The predicted octanol–water partition coefficient (Wildman–Crippen LogP) is -0.250. The molecule has 0 fully saturated rings. The van der Waals surface area contributed by atoms with E-state index in [1.807, 2.05) is 21.1 Å². The molecule has 0 rings (SSSR count). The van der Waals surface area contributed by atoms with Gasteiger partial charge in [-0.3, -0.25) is 13.8 Å². The fourth-order valence-corrected chi connectivity index (χ4v) is 1.85. The van der Waals surface area contributed by atoms with Gasteiger partial charge in [0.25, 0.3) is 0 Å². The molecular formula is C10H23NO7P+. The van der Waals surface area contributed by atoms with Crippen LogP contribution < -0.4 is 0 Å². The molecule has 0 aliphatic carbocycles. The molecule has 0 radical (unpaired) electrons. The Kier molecular flexibility index (Phi) is 7.73. The number of phosphoric acid groups is 1. The molecule has 19 heavy (non-hydrogen) atoms. The Morgan fingerprint density at radius 2 is 1.95 bits per heavy atom. The van der Waals surface area contributed by atoms with Crippen molar-refractivity contribution in [3.05, 3.63) is 0 Å². The fourth-order valence-electron chi connectivity index (χ4n) is 0.976. The van der Waals surface area contributed by atoms with Crippen LogP contribution in [0.5, 0.6) is 0 Å². The summed E-state index contributed by atoms with van der Waals surface area (Å²) >= 11 is 0. The number of rotatable bonds is 9. The Morgan fingerprint density at radius 1 is 1.37 bits per heavy atom. The topological polar surface area (TPSA) is 102 Å². The minimum atomic E-state index is -4.27. The maximum Gasteiger partial charge on any atom is 0.472 e. The number of ether oxygens (including phenoxy) is 1. The first-order chi connectivity index (χ1) is 8.56. The Bertz CT molecular complexity index is 328. The van der Waals surface area contributed by atoms with Crippen LogP contribution in [0.4, 0.5) is 0 Å². The second-order valence-electron chi connectivity index (χ2n) is 5.03. The number of carbonyl (C=O) groups is 1. The van der Waals surface area contributed by atoms with E-state index in [0.29, 0.717) is 11.0 Å². The molecule has 0 aliphatic rings. The SMILES string of the molecule is CC(=O)OC[C@H](CO)OP(=O)(O)OCC[N+](C)(C)C. The minimum Gasteiger partial charge on any atom is -0.463 e. The second kappa shape index (κ2) is 7.94. The first-order valence-electron chi connectivity index (χ1n) is 5.76. The van der Waals surface area contributed by atoms with E-state index >= 15 is 0 Å². The van der Waals surface area contributed by atoms with Gasteiger partial charge in [-0.1, -0.05) is 0 Å². The van der Waals surface area contributed by atoms with Crippen molar-refractivity contribution in [2.75, 3.05) is 47.5 Å². The van der Waals surface area contributed by atoms with Gasteiger partial charge in [0.05, 0.1) is 27.7 Å². The van der Waals surface area contributed by atoms with Gasteiger partial charge in [0, 0.05) is 6.92 Å². The number of nitrogens with zero attached hydrogens (tertiary/aromatic N) is 1. The Labute approximate surface area is 113 Å². The van der Waals surface area contributed by atoms with Crippen LogP contribution in [-0.2, 0) is 23.1 Å². The van der Waals surface area contributed by atoms with E-state index in [1.165, 1.54) is 6.92 Å². The van der Waals surface area contributed by atoms with Crippen molar-refractivity contribution in [1.29, 1.82) is 0 Å². The zero-order valence-corrected chi connectivity index (χ0v) is 12.6. The summed E-state index contributed by atoms with van der Waals surface area (Å²) < 4.78 is 26.2. The van der Waals surface area contributed by atoms with Crippen molar-refractivity contribution in [3.63, 3.8) is 0 Å². The average Bonchev–Trinajstić information content (AvgIpc) is 2.21. The third-order valence-electron chi connectivity index (χ3n) is 1.97. The van der Waals surface area contributed by atoms with Crippen molar-refractivity contribution in [2.24, 2.45) is 0 Å². The van der Waals surface area contributed by atoms with Gasteiger partial charge >= 0.3 is 13.8 Å². The fraction of sp³-hybridized carbons (Fsp3) is 0.900. The first kappa shape index (κ1) is 18.5. The number of aliphatic hydroxyl groups is 1. The second-order valence-corrected chi connectivity index (χ2v) is 6.43. The molecule has 0 aromatic rings. The molecular weight excluding hydrogens is 277 g/mol. The molecule has 0 saturated carbocycles. The van der Waals surface area contributed by atoms with Gasteiger partial charge in [-0.15, -0.1) is 0 Å². The lowest BCUT2D eigenvalue weighted by Crippen LogP contribution is -2.37. The smallest absolute Gasteiger partial charge is 0.463 e. The Morgan fingerprint density at radius 3 is 2.37 bits per heavy atom. The van der Waals surface area contributed by atoms with Crippen LogP contribution in [-0.4, -0.2) is 74.1 Å². The maximum atomic E-state index is 11.6. The predicted molar refractivity (Wildman–Crippen MR) is 67.3 cm³/mol. The molecule has 0 heterocycles. The van der Waals surface area contributed by atoms with Gasteiger partial charge < -0.3 is 19.2 Å². The number of hydrogen-bond donors (Lipinski definition) is 2. The van der Waals surface area contributed by atoms with E-state index in [-0.39, 0.29) is 13.2 Å². The van der Waals surface area contributed by atoms with Crippen LogP contribution in [0.2, 0.25) is 0 Å². The van der Waals surface area contributed by atoms with Crippen LogP contribution in [0.1, 0.15) is 6.92 Å². The third-order valence-corrected chi connectivity index (χ3v) is 3.05. The summed E-state index contributed by atoms with van der Waals surface area (Å²) in [5, 5.41) is 8.95. The normalized spacial score (nSPS) is 16.7. The average molecular weight is 300 g/mol. The number of likely N-dealkylation sites (N-methyl/N-ethyl adjacent to an activating group) is 1. The zero-order valence-electron chi connectivity index (χ0n) is 11.7. The lowest BCUT2D eigenvalue weighted by atomic mass is 10.4. The van der Waals surface area contributed by atoms with Gasteiger partial charge in [0.15, 0.2) is 0 Å². The van der Waals surface area contributed by atoms with Crippen LogP contribution in [0.25, 0.3) is 0 Å². The lowest BCUT2D eigenvalue weighted by molar-refractivity contribution is -0.870. The maximum absolute atomic E-state index is 11.6. The third kappa shape index (κ3) is 11.1. The number of esters is 1. The molecule has 1 unspecified atom stereocenters. The number of aliphatic hydroxyl groups excluding tert-OH is 1. The van der Waals surface area contributed by atoms with E-state index in [0.717, 1.165) is 0 Å². The Balaban J connectivity index is 4.17. The largest absolute Gasteiger partial charge is 0.472 e. The standard InChI is InChI=1S/C10H22NO7P/c1-9(13)16-8-10(7-12)18-19(14,15)17-6-5-11(2,3)4/h10,12H,5-8H2,1-4H3/p+1/t10-/m0/s1. The minimum absolute atomic E-state index is 0.0307. The summed E-state index contributed by atoms with van der Waals surface area (Å²) in [5.74, 6) is -0.569. The van der Waals surface area contributed by atoms with Crippen LogP contribution in [0.3, 0.4) is 0 Å². The monoisotopic (exact) mass is 300 g/mol. The van der Waals surface area contributed by atoms with Crippen LogP contribution >= 0.6 is 7.82 Å². The van der Waals surface area contributed by atoms with Crippen molar-refractivity contribution in [1.82, 2.24) is 0 Å². The highest BCUT2D eigenvalue weighted by atomic mass is 31.2. The molecule has 2 N–H and O–H groups in total.